The Bertz CT molecular complexity index is 1060. The number of hydrogen-bond acceptors (Lipinski definition) is 3. The maximum atomic E-state index is 12.9. The summed E-state index contributed by atoms with van der Waals surface area (Å²) in [5.41, 5.74) is 4.37. The van der Waals surface area contributed by atoms with Gasteiger partial charge >= 0.3 is 12.4 Å². The molecule has 2 rings (SSSR count). The topological polar surface area (TPSA) is 60.7 Å². The first-order chi connectivity index (χ1) is 17.8. The van der Waals surface area contributed by atoms with Gasteiger partial charge in [0.25, 0.3) is 0 Å². The van der Waals surface area contributed by atoms with E-state index in [2.05, 4.69) is 13.8 Å². The van der Waals surface area contributed by atoms with E-state index in [1.807, 2.05) is 31.2 Å². The van der Waals surface area contributed by atoms with Crippen LogP contribution in [0.5, 0.6) is 0 Å². The summed E-state index contributed by atoms with van der Waals surface area (Å²) in [6.07, 6.45) is -8.73. The molecule has 1 atom stereocenters. The zero-order chi connectivity index (χ0) is 28.7. The molecule has 3 nitrogen and oxygen atoms in total. The van der Waals surface area contributed by atoms with Crippen LogP contribution in [0.4, 0.5) is 26.3 Å². The molecule has 0 heterocycles. The monoisotopic (exact) mass is 546 g/mol. The van der Waals surface area contributed by atoms with Crippen molar-refractivity contribution >= 4 is 6.08 Å². The van der Waals surface area contributed by atoms with E-state index >= 15 is 0 Å². The van der Waals surface area contributed by atoms with Crippen molar-refractivity contribution in [3.8, 4) is 0 Å². The van der Waals surface area contributed by atoms with Gasteiger partial charge in [-0.25, -0.2) is 0 Å². The van der Waals surface area contributed by atoms with Gasteiger partial charge in [-0.2, -0.15) is 26.3 Å². The van der Waals surface area contributed by atoms with E-state index in [0.29, 0.717) is 35.6 Å². The van der Waals surface area contributed by atoms with Gasteiger partial charge in [0.2, 0.25) is 0 Å². The van der Waals surface area contributed by atoms with Gasteiger partial charge in [-0.1, -0.05) is 69.3 Å². The summed E-state index contributed by atoms with van der Waals surface area (Å²) in [5, 5.41) is 28.8. The Balaban J connectivity index is 2.34. The third-order valence-electron chi connectivity index (χ3n) is 7.51. The number of alkyl halides is 6. The van der Waals surface area contributed by atoms with E-state index in [0.717, 1.165) is 42.0 Å². The molecule has 9 heteroatoms. The molecule has 1 unspecified atom stereocenters. The van der Waals surface area contributed by atoms with Gasteiger partial charge in [0.05, 0.1) is 19.3 Å². The van der Waals surface area contributed by atoms with E-state index in [9.17, 15) is 41.7 Å². The van der Waals surface area contributed by atoms with Crippen LogP contribution in [0.2, 0.25) is 0 Å². The van der Waals surface area contributed by atoms with E-state index in [4.69, 9.17) is 0 Å². The SMILES string of the molecule is CCc1cc(C(CC)(CC)CCc2ccc(CO)c(CO)c2)ccc1/C=C/C(O)C(C(F)(F)F)C(F)(F)F. The lowest BCUT2D eigenvalue weighted by atomic mass is 9.71. The predicted octanol–water partition coefficient (Wildman–Crippen LogP) is 7.04. The normalized spacial score (nSPS) is 14.0. The number of halogens is 6. The molecule has 3 N–H and O–H groups in total. The third kappa shape index (κ3) is 7.61. The number of aliphatic hydroxyl groups excluding tert-OH is 3. The van der Waals surface area contributed by atoms with Crippen LogP contribution in [0.25, 0.3) is 6.08 Å². The summed E-state index contributed by atoms with van der Waals surface area (Å²) in [6, 6.07) is 11.1. The number of benzene rings is 2. The molecule has 0 aromatic heterocycles. The highest BCUT2D eigenvalue weighted by molar-refractivity contribution is 5.56. The molecule has 0 aliphatic rings. The Morgan fingerprint density at radius 2 is 1.39 bits per heavy atom. The zero-order valence-electron chi connectivity index (χ0n) is 21.8. The van der Waals surface area contributed by atoms with E-state index in [1.54, 1.807) is 12.1 Å². The van der Waals surface area contributed by atoms with Gasteiger partial charge in [-0.3, -0.25) is 0 Å². The van der Waals surface area contributed by atoms with Gasteiger partial charge in [-0.05, 0) is 70.9 Å². The van der Waals surface area contributed by atoms with Gasteiger partial charge in [0.1, 0.15) is 0 Å². The second-order valence-corrected chi connectivity index (χ2v) is 9.58. The lowest BCUT2D eigenvalue weighted by Gasteiger charge is -2.33. The Hall–Kier alpha value is -2.36. The average Bonchev–Trinajstić information content (AvgIpc) is 2.86. The molecule has 212 valence electrons. The second-order valence-electron chi connectivity index (χ2n) is 9.58. The van der Waals surface area contributed by atoms with E-state index in [1.165, 1.54) is 0 Å². The molecule has 0 spiro atoms. The third-order valence-corrected chi connectivity index (χ3v) is 7.51. The van der Waals surface area contributed by atoms with Crippen molar-refractivity contribution in [3.63, 3.8) is 0 Å². The molecule has 38 heavy (non-hydrogen) atoms. The van der Waals surface area contributed by atoms with Crippen LogP contribution in [-0.4, -0.2) is 33.8 Å². The Morgan fingerprint density at radius 1 is 0.789 bits per heavy atom. The minimum atomic E-state index is -5.63. The number of aryl methyl sites for hydroxylation is 2. The number of hydrogen-bond donors (Lipinski definition) is 3. The van der Waals surface area contributed by atoms with Crippen LogP contribution < -0.4 is 0 Å². The fraction of sp³-hybridized carbons (Fsp3) is 0.517. The fourth-order valence-corrected chi connectivity index (χ4v) is 4.97. The van der Waals surface area contributed by atoms with Crippen molar-refractivity contribution in [2.45, 2.75) is 90.0 Å². The van der Waals surface area contributed by atoms with Crippen LogP contribution >= 0.6 is 0 Å². The second kappa shape index (κ2) is 13.1. The van der Waals surface area contributed by atoms with Crippen molar-refractivity contribution in [3.05, 3.63) is 75.9 Å². The summed E-state index contributed by atoms with van der Waals surface area (Å²) in [5.74, 6) is -3.86. The standard InChI is InChI=1S/C29H36F6O3/c1-4-20-16-24(11-9-21(20)10-12-25(38)26(28(30,31)32)29(33,34)35)27(5-2,6-3)14-13-19-7-8-22(17-36)23(15-19)18-37/h7-12,15-16,25-26,36-38H,4-6,13-14,17-18H2,1-3H3/b12-10+. The molecular weight excluding hydrogens is 510 g/mol. The summed E-state index contributed by atoms with van der Waals surface area (Å²) in [6.45, 7) is 5.66. The van der Waals surface area contributed by atoms with Gasteiger partial charge in [0.15, 0.2) is 5.92 Å². The maximum Gasteiger partial charge on any atom is 0.403 e. The first-order valence-electron chi connectivity index (χ1n) is 12.7. The van der Waals surface area contributed by atoms with Crippen molar-refractivity contribution in [1.82, 2.24) is 0 Å². The Morgan fingerprint density at radius 3 is 1.89 bits per heavy atom. The number of aliphatic hydroxyl groups is 3. The molecule has 2 aromatic carbocycles. The highest BCUT2D eigenvalue weighted by atomic mass is 19.4. The minimum absolute atomic E-state index is 0.158. The molecule has 0 saturated carbocycles. The number of rotatable bonds is 12. The lowest BCUT2D eigenvalue weighted by Crippen LogP contribution is -2.44. The molecule has 0 aliphatic heterocycles. The highest BCUT2D eigenvalue weighted by Crippen LogP contribution is 2.42. The largest absolute Gasteiger partial charge is 0.403 e. The smallest absolute Gasteiger partial charge is 0.392 e. The predicted molar refractivity (Wildman–Crippen MR) is 135 cm³/mol. The molecule has 2 aromatic rings. The summed E-state index contributed by atoms with van der Waals surface area (Å²) < 4.78 is 77.6. The van der Waals surface area contributed by atoms with E-state index < -0.39 is 24.4 Å². The lowest BCUT2D eigenvalue weighted by molar-refractivity contribution is -0.300. The van der Waals surface area contributed by atoms with Crippen LogP contribution in [0.3, 0.4) is 0 Å². The van der Waals surface area contributed by atoms with Gasteiger partial charge < -0.3 is 15.3 Å². The van der Waals surface area contributed by atoms with Gasteiger partial charge in [0, 0.05) is 0 Å². The summed E-state index contributed by atoms with van der Waals surface area (Å²) in [4.78, 5) is 0. The maximum absolute atomic E-state index is 12.9. The van der Waals surface area contributed by atoms with E-state index in [-0.39, 0.29) is 18.6 Å². The quantitative estimate of drug-likeness (QED) is 0.250. The molecule has 0 saturated heterocycles. The molecule has 0 radical (unpaired) electrons. The van der Waals surface area contributed by atoms with Gasteiger partial charge in [-0.15, -0.1) is 0 Å². The van der Waals surface area contributed by atoms with Crippen molar-refractivity contribution in [2.24, 2.45) is 5.92 Å². The molecule has 0 bridgehead atoms. The highest BCUT2D eigenvalue weighted by Gasteiger charge is 2.59. The van der Waals surface area contributed by atoms with Crippen molar-refractivity contribution in [2.75, 3.05) is 0 Å². The minimum Gasteiger partial charge on any atom is -0.392 e. The first-order valence-corrected chi connectivity index (χ1v) is 12.7. The van der Waals surface area contributed by atoms with Crippen molar-refractivity contribution < 1.29 is 41.7 Å². The Labute approximate surface area is 219 Å². The molecule has 0 aliphatic carbocycles. The average molecular weight is 547 g/mol. The molecular formula is C29H36F6O3. The zero-order valence-corrected chi connectivity index (χ0v) is 21.8. The van der Waals surface area contributed by atoms with Crippen molar-refractivity contribution in [1.29, 1.82) is 0 Å². The summed E-state index contributed by atoms with van der Waals surface area (Å²) in [7, 11) is 0. The Kier molecular flexibility index (Phi) is 11.0. The molecule has 0 amide bonds. The fourth-order valence-electron chi connectivity index (χ4n) is 4.97. The van der Waals surface area contributed by atoms with Crippen LogP contribution in [0.1, 0.15) is 73.4 Å². The van der Waals surface area contributed by atoms with Crippen LogP contribution in [0.15, 0.2) is 42.5 Å². The molecule has 0 fully saturated rings. The van der Waals surface area contributed by atoms with Crippen LogP contribution in [0, 0.1) is 5.92 Å². The summed E-state index contributed by atoms with van der Waals surface area (Å²) >= 11 is 0. The van der Waals surface area contributed by atoms with Crippen LogP contribution in [-0.2, 0) is 31.5 Å². The first kappa shape index (κ1) is 31.9.